The van der Waals surface area contributed by atoms with Crippen molar-refractivity contribution in [1.29, 1.82) is 5.26 Å². The number of halogens is 3. The molecule has 1 saturated heterocycles. The molecule has 0 spiro atoms. The van der Waals surface area contributed by atoms with E-state index in [0.29, 0.717) is 25.9 Å². The van der Waals surface area contributed by atoms with Crippen LogP contribution in [0.1, 0.15) is 25.7 Å². The number of nitriles is 1. The fourth-order valence-corrected chi connectivity index (χ4v) is 3.23. The third-order valence-corrected chi connectivity index (χ3v) is 4.51. The highest BCUT2D eigenvalue weighted by atomic mass is 19.4. The van der Waals surface area contributed by atoms with E-state index >= 15 is 0 Å². The number of rotatable bonds is 1. The zero-order valence-corrected chi connectivity index (χ0v) is 11.2. The third-order valence-electron chi connectivity index (χ3n) is 4.51. The monoisotopic (exact) mass is 275 g/mol. The molecular weight excluding hydrogens is 255 g/mol. The van der Waals surface area contributed by atoms with Gasteiger partial charge in [0.25, 0.3) is 0 Å². The molecule has 3 nitrogen and oxygen atoms in total. The quantitative estimate of drug-likeness (QED) is 0.735. The molecule has 0 amide bonds. The molecule has 0 N–H and O–H groups in total. The molecule has 2 aliphatic rings. The van der Waals surface area contributed by atoms with Crippen LogP contribution in [0.15, 0.2) is 0 Å². The largest absolute Gasteiger partial charge is 0.391 e. The molecule has 6 heteroatoms. The molecule has 108 valence electrons. The van der Waals surface area contributed by atoms with E-state index in [-0.39, 0.29) is 12.8 Å². The van der Waals surface area contributed by atoms with Crippen molar-refractivity contribution >= 4 is 0 Å². The summed E-state index contributed by atoms with van der Waals surface area (Å²) in [5, 5.41) is 9.47. The van der Waals surface area contributed by atoms with Gasteiger partial charge in [-0.3, -0.25) is 4.90 Å². The second-order valence-electron chi connectivity index (χ2n) is 5.77. The number of likely N-dealkylation sites (N-methyl/N-ethyl adjacent to an activating group) is 1. The summed E-state index contributed by atoms with van der Waals surface area (Å²) in [7, 11) is 2.00. The lowest BCUT2D eigenvalue weighted by molar-refractivity contribution is -0.191. The standard InChI is InChI=1S/C13H20F3N3/c1-18-5-7-19(8-6-18)12(10-17)4-2-3-11(9-12)13(14,15)16/h11H,2-9H2,1H3. The van der Waals surface area contributed by atoms with Crippen LogP contribution in [0.4, 0.5) is 13.2 Å². The average molecular weight is 275 g/mol. The van der Waals surface area contributed by atoms with Gasteiger partial charge in [-0.1, -0.05) is 0 Å². The van der Waals surface area contributed by atoms with Crippen molar-refractivity contribution in [2.45, 2.75) is 37.4 Å². The zero-order chi connectivity index (χ0) is 14.1. The molecule has 2 atom stereocenters. The Hall–Kier alpha value is -0.800. The molecule has 0 radical (unpaired) electrons. The predicted octanol–water partition coefficient (Wildman–Crippen LogP) is 2.25. The molecular formula is C13H20F3N3. The summed E-state index contributed by atoms with van der Waals surface area (Å²) < 4.78 is 38.7. The fourth-order valence-electron chi connectivity index (χ4n) is 3.23. The average Bonchev–Trinajstić information content (AvgIpc) is 2.38. The van der Waals surface area contributed by atoms with E-state index < -0.39 is 17.6 Å². The first-order valence-electron chi connectivity index (χ1n) is 6.79. The molecule has 1 saturated carbocycles. The first-order chi connectivity index (χ1) is 8.87. The van der Waals surface area contributed by atoms with Crippen molar-refractivity contribution in [3.05, 3.63) is 0 Å². The van der Waals surface area contributed by atoms with E-state index in [1.807, 2.05) is 11.9 Å². The van der Waals surface area contributed by atoms with Crippen LogP contribution in [-0.2, 0) is 0 Å². The smallest absolute Gasteiger partial charge is 0.304 e. The Labute approximate surface area is 112 Å². The fraction of sp³-hybridized carbons (Fsp3) is 0.923. The van der Waals surface area contributed by atoms with E-state index in [0.717, 1.165) is 13.1 Å². The van der Waals surface area contributed by atoms with Gasteiger partial charge in [-0.15, -0.1) is 0 Å². The summed E-state index contributed by atoms with van der Waals surface area (Å²) in [5.41, 5.74) is -0.903. The third kappa shape index (κ3) is 3.03. The highest BCUT2D eigenvalue weighted by molar-refractivity contribution is 5.12. The lowest BCUT2D eigenvalue weighted by Gasteiger charge is -2.47. The molecule has 2 unspecified atom stereocenters. The van der Waals surface area contributed by atoms with Gasteiger partial charge in [-0.25, -0.2) is 0 Å². The molecule has 2 fully saturated rings. The number of hydrogen-bond acceptors (Lipinski definition) is 3. The van der Waals surface area contributed by atoms with Gasteiger partial charge in [-0.05, 0) is 32.7 Å². The van der Waals surface area contributed by atoms with Crippen LogP contribution in [0.25, 0.3) is 0 Å². The molecule has 0 aromatic heterocycles. The summed E-state index contributed by atoms with van der Waals surface area (Å²) in [5.74, 6) is -1.32. The van der Waals surface area contributed by atoms with Crippen LogP contribution < -0.4 is 0 Å². The van der Waals surface area contributed by atoms with E-state index in [4.69, 9.17) is 0 Å². The van der Waals surface area contributed by atoms with Gasteiger partial charge < -0.3 is 4.90 Å². The Kier molecular flexibility index (Phi) is 4.07. The van der Waals surface area contributed by atoms with E-state index in [2.05, 4.69) is 11.0 Å². The summed E-state index contributed by atoms with van der Waals surface area (Å²) in [4.78, 5) is 4.12. The van der Waals surface area contributed by atoms with Crippen LogP contribution in [-0.4, -0.2) is 54.7 Å². The van der Waals surface area contributed by atoms with Crippen molar-refractivity contribution in [1.82, 2.24) is 9.80 Å². The summed E-state index contributed by atoms with van der Waals surface area (Å²) in [6.07, 6.45) is -3.00. The topological polar surface area (TPSA) is 30.3 Å². The second-order valence-corrected chi connectivity index (χ2v) is 5.77. The first kappa shape index (κ1) is 14.6. The van der Waals surface area contributed by atoms with Gasteiger partial charge in [0, 0.05) is 26.2 Å². The van der Waals surface area contributed by atoms with Crippen molar-refractivity contribution in [3.63, 3.8) is 0 Å². The lowest BCUT2D eigenvalue weighted by Crippen LogP contribution is -2.58. The number of piperazine rings is 1. The van der Waals surface area contributed by atoms with Crippen LogP contribution in [0, 0.1) is 17.2 Å². The van der Waals surface area contributed by atoms with E-state index in [1.165, 1.54) is 0 Å². The van der Waals surface area contributed by atoms with Gasteiger partial charge in [0.2, 0.25) is 0 Å². The molecule has 0 aromatic rings. The van der Waals surface area contributed by atoms with Gasteiger partial charge in [0.15, 0.2) is 0 Å². The van der Waals surface area contributed by atoms with Crippen LogP contribution in [0.3, 0.4) is 0 Å². The van der Waals surface area contributed by atoms with E-state index in [1.54, 1.807) is 0 Å². The number of alkyl halides is 3. The maximum atomic E-state index is 12.9. The van der Waals surface area contributed by atoms with Gasteiger partial charge in [0.1, 0.15) is 5.54 Å². The molecule has 19 heavy (non-hydrogen) atoms. The lowest BCUT2D eigenvalue weighted by atomic mass is 9.75. The summed E-state index contributed by atoms with van der Waals surface area (Å²) in [6.45, 7) is 3.02. The summed E-state index contributed by atoms with van der Waals surface area (Å²) >= 11 is 0. The summed E-state index contributed by atoms with van der Waals surface area (Å²) in [6, 6.07) is 2.21. The van der Waals surface area contributed by atoms with Crippen LogP contribution >= 0.6 is 0 Å². The van der Waals surface area contributed by atoms with E-state index in [9.17, 15) is 18.4 Å². The molecule has 0 aromatic carbocycles. The Morgan fingerprint density at radius 2 is 1.84 bits per heavy atom. The molecule has 1 aliphatic carbocycles. The van der Waals surface area contributed by atoms with Gasteiger partial charge in [-0.2, -0.15) is 18.4 Å². The zero-order valence-electron chi connectivity index (χ0n) is 11.2. The first-order valence-corrected chi connectivity index (χ1v) is 6.79. The maximum absolute atomic E-state index is 12.9. The maximum Gasteiger partial charge on any atom is 0.391 e. The minimum atomic E-state index is -4.17. The number of nitrogens with zero attached hydrogens (tertiary/aromatic N) is 3. The van der Waals surface area contributed by atoms with Crippen LogP contribution in [0.2, 0.25) is 0 Å². The highest BCUT2D eigenvalue weighted by Gasteiger charge is 2.50. The molecule has 2 rings (SSSR count). The van der Waals surface area contributed by atoms with Crippen molar-refractivity contribution in [2.75, 3.05) is 33.2 Å². The van der Waals surface area contributed by atoms with Crippen LogP contribution in [0.5, 0.6) is 0 Å². The van der Waals surface area contributed by atoms with Crippen molar-refractivity contribution < 1.29 is 13.2 Å². The molecule has 1 heterocycles. The highest BCUT2D eigenvalue weighted by Crippen LogP contribution is 2.44. The minimum absolute atomic E-state index is 0.0588. The Morgan fingerprint density at radius 1 is 1.21 bits per heavy atom. The molecule has 1 aliphatic heterocycles. The van der Waals surface area contributed by atoms with Crippen molar-refractivity contribution in [3.8, 4) is 6.07 Å². The van der Waals surface area contributed by atoms with Gasteiger partial charge >= 0.3 is 6.18 Å². The SMILES string of the molecule is CN1CCN(C2(C#N)CCCC(C(F)(F)F)C2)CC1. The predicted molar refractivity (Wildman–Crippen MR) is 65.4 cm³/mol. The molecule has 0 bridgehead atoms. The number of hydrogen-bond donors (Lipinski definition) is 0. The Bertz CT molecular complexity index is 355. The van der Waals surface area contributed by atoms with Gasteiger partial charge in [0.05, 0.1) is 12.0 Å². The second kappa shape index (κ2) is 5.29. The minimum Gasteiger partial charge on any atom is -0.304 e. The normalized spacial score (nSPS) is 35.0. The Balaban J connectivity index is 2.12. The Morgan fingerprint density at radius 3 is 2.37 bits per heavy atom. The van der Waals surface area contributed by atoms with Crippen molar-refractivity contribution in [2.24, 2.45) is 5.92 Å².